The number of nitrogens with zero attached hydrogens (tertiary/aromatic N) is 1. The van der Waals surface area contributed by atoms with Crippen LogP contribution in [0.2, 0.25) is 0 Å². The third kappa shape index (κ3) is 1.77. The molecule has 1 heterocycles. The van der Waals surface area contributed by atoms with Crippen LogP contribution in [0.4, 0.5) is 4.39 Å². The molecule has 0 unspecified atom stereocenters. The van der Waals surface area contributed by atoms with E-state index in [4.69, 9.17) is 0 Å². The molecule has 0 amide bonds. The number of piperidine rings is 1. The highest BCUT2D eigenvalue weighted by molar-refractivity contribution is 4.95. The van der Waals surface area contributed by atoms with Crippen LogP contribution >= 0.6 is 0 Å². The Morgan fingerprint density at radius 1 is 1.58 bits per heavy atom. The van der Waals surface area contributed by atoms with Crippen LogP contribution in [0.1, 0.15) is 15.3 Å². The van der Waals surface area contributed by atoms with E-state index in [1.54, 1.807) is 0 Å². The van der Waals surface area contributed by atoms with Gasteiger partial charge in [-0.2, -0.15) is 0 Å². The Balaban J connectivity index is 0.00000144. The van der Waals surface area contributed by atoms with Gasteiger partial charge in [-0.25, -0.2) is 4.39 Å². The predicted molar refractivity (Wildman–Crippen MR) is 51.1 cm³/mol. The van der Waals surface area contributed by atoms with Gasteiger partial charge in [0.05, 0.1) is 0 Å². The molecule has 0 aromatic rings. The number of rotatable bonds is 1. The van der Waals surface area contributed by atoms with Gasteiger partial charge in [-0.1, -0.05) is 13.8 Å². The zero-order valence-corrected chi connectivity index (χ0v) is 8.39. The molecule has 1 fully saturated rings. The normalized spacial score (nSPS) is 36.8. The predicted octanol–water partition coefficient (Wildman–Crippen LogP) is 1.13. The van der Waals surface area contributed by atoms with Crippen LogP contribution < -0.4 is 5.32 Å². The van der Waals surface area contributed by atoms with E-state index in [0.717, 1.165) is 6.54 Å². The van der Waals surface area contributed by atoms with E-state index in [2.05, 4.69) is 24.1 Å². The Hall–Kier alpha value is -0.150. The molecule has 3 heteroatoms. The van der Waals surface area contributed by atoms with E-state index in [-0.39, 0.29) is 12.9 Å². The Morgan fingerprint density at radius 3 is 2.58 bits per heavy atom. The molecule has 2 nitrogen and oxygen atoms in total. The number of hydrogen-bond donors (Lipinski definition) is 1. The second-order valence-electron chi connectivity index (χ2n) is 4.47. The Labute approximate surface area is 75.6 Å². The van der Waals surface area contributed by atoms with Crippen molar-refractivity contribution in [3.63, 3.8) is 0 Å². The van der Waals surface area contributed by atoms with Crippen LogP contribution in [0.3, 0.4) is 0 Å². The van der Waals surface area contributed by atoms with E-state index in [1.165, 1.54) is 0 Å². The van der Waals surface area contributed by atoms with Crippen molar-refractivity contribution in [3.05, 3.63) is 0 Å². The molecule has 0 aliphatic carbocycles. The highest BCUT2D eigenvalue weighted by Crippen LogP contribution is 2.29. The molecule has 0 bridgehead atoms. The molecule has 2 atom stereocenters. The molecular weight excluding hydrogens is 155 g/mol. The molecular formula is C9H21FN2. The van der Waals surface area contributed by atoms with Crippen LogP contribution in [-0.2, 0) is 0 Å². The molecule has 0 radical (unpaired) electrons. The third-order valence-electron chi connectivity index (χ3n) is 2.68. The Morgan fingerprint density at radius 2 is 2.17 bits per heavy atom. The first-order valence-electron chi connectivity index (χ1n) is 4.47. The highest BCUT2D eigenvalue weighted by atomic mass is 19.1. The van der Waals surface area contributed by atoms with Gasteiger partial charge < -0.3 is 10.2 Å². The van der Waals surface area contributed by atoms with E-state index in [0.29, 0.717) is 6.54 Å². The SMILES string of the molecule is CN[C@H]1[C@H](F)CN(C)CC1(C)C.[HH]. The lowest BCUT2D eigenvalue weighted by Gasteiger charge is -2.44. The maximum Gasteiger partial charge on any atom is 0.128 e. The lowest BCUT2D eigenvalue weighted by Crippen LogP contribution is -2.59. The summed E-state index contributed by atoms with van der Waals surface area (Å²) in [5.74, 6) is 0. The molecule has 0 spiro atoms. The number of likely N-dealkylation sites (tertiary alicyclic amines) is 1. The quantitative estimate of drug-likeness (QED) is 0.644. The van der Waals surface area contributed by atoms with Gasteiger partial charge in [-0.3, -0.25) is 0 Å². The summed E-state index contributed by atoms with van der Waals surface area (Å²) in [6.45, 7) is 5.72. The van der Waals surface area contributed by atoms with Gasteiger partial charge >= 0.3 is 0 Å². The van der Waals surface area contributed by atoms with Crippen molar-refractivity contribution < 1.29 is 5.82 Å². The van der Waals surface area contributed by atoms with Crippen molar-refractivity contribution in [2.45, 2.75) is 26.1 Å². The van der Waals surface area contributed by atoms with Gasteiger partial charge in [0.2, 0.25) is 0 Å². The second kappa shape index (κ2) is 3.30. The first kappa shape index (κ1) is 9.93. The second-order valence-corrected chi connectivity index (χ2v) is 4.47. The van der Waals surface area contributed by atoms with Crippen LogP contribution in [0.15, 0.2) is 0 Å². The topological polar surface area (TPSA) is 15.3 Å². The fraction of sp³-hybridized carbons (Fsp3) is 1.00. The van der Waals surface area contributed by atoms with Gasteiger partial charge in [0.1, 0.15) is 6.17 Å². The summed E-state index contributed by atoms with van der Waals surface area (Å²) in [4.78, 5) is 2.05. The monoisotopic (exact) mass is 176 g/mol. The minimum Gasteiger partial charge on any atom is -0.314 e. The third-order valence-corrected chi connectivity index (χ3v) is 2.68. The lowest BCUT2D eigenvalue weighted by molar-refractivity contribution is 0.0296. The summed E-state index contributed by atoms with van der Waals surface area (Å²) >= 11 is 0. The van der Waals surface area contributed by atoms with E-state index in [1.807, 2.05) is 14.1 Å². The molecule has 1 aliphatic rings. The minimum absolute atomic E-state index is 0. The van der Waals surface area contributed by atoms with Crippen LogP contribution in [0.5, 0.6) is 0 Å². The average molecular weight is 176 g/mol. The fourth-order valence-corrected chi connectivity index (χ4v) is 2.32. The van der Waals surface area contributed by atoms with Gasteiger partial charge in [-0.15, -0.1) is 0 Å². The van der Waals surface area contributed by atoms with Crippen molar-refractivity contribution in [1.29, 1.82) is 0 Å². The van der Waals surface area contributed by atoms with Gasteiger partial charge in [0.15, 0.2) is 0 Å². The zero-order chi connectivity index (χ0) is 9.35. The molecule has 0 saturated carbocycles. The molecule has 0 aromatic carbocycles. The molecule has 12 heavy (non-hydrogen) atoms. The van der Waals surface area contributed by atoms with E-state index < -0.39 is 6.17 Å². The summed E-state index contributed by atoms with van der Waals surface area (Å²) in [5, 5.41) is 3.06. The summed E-state index contributed by atoms with van der Waals surface area (Å²) < 4.78 is 13.5. The maximum atomic E-state index is 13.5. The summed E-state index contributed by atoms with van der Waals surface area (Å²) in [5.41, 5.74) is 0.0289. The first-order chi connectivity index (χ1) is 5.47. The first-order valence-corrected chi connectivity index (χ1v) is 4.47. The molecule has 1 N–H and O–H groups in total. The molecule has 74 valence electrons. The highest BCUT2D eigenvalue weighted by Gasteiger charge is 2.40. The molecule has 0 aromatic heterocycles. The van der Waals surface area contributed by atoms with Crippen LogP contribution in [-0.4, -0.2) is 44.3 Å². The average Bonchev–Trinajstić information content (AvgIpc) is 1.82. The maximum absolute atomic E-state index is 13.5. The van der Waals surface area contributed by atoms with Gasteiger partial charge in [0.25, 0.3) is 0 Å². The summed E-state index contributed by atoms with van der Waals surface area (Å²) in [6, 6.07) is -0.00583. The molecule has 1 rings (SSSR count). The van der Waals surface area contributed by atoms with Crippen molar-refractivity contribution in [1.82, 2.24) is 10.2 Å². The van der Waals surface area contributed by atoms with Crippen molar-refractivity contribution in [2.24, 2.45) is 5.41 Å². The van der Waals surface area contributed by atoms with Gasteiger partial charge in [-0.05, 0) is 19.5 Å². The number of hydrogen-bond acceptors (Lipinski definition) is 2. The fourth-order valence-electron chi connectivity index (χ4n) is 2.32. The van der Waals surface area contributed by atoms with E-state index in [9.17, 15) is 4.39 Å². The zero-order valence-electron chi connectivity index (χ0n) is 8.39. The largest absolute Gasteiger partial charge is 0.314 e. The smallest absolute Gasteiger partial charge is 0.128 e. The van der Waals surface area contributed by atoms with Crippen LogP contribution in [0, 0.1) is 5.41 Å². The van der Waals surface area contributed by atoms with Crippen LogP contribution in [0.25, 0.3) is 0 Å². The number of nitrogens with one attached hydrogen (secondary N) is 1. The number of halogens is 1. The lowest BCUT2D eigenvalue weighted by atomic mass is 9.78. The standard InChI is InChI=1S/C9H19FN2.H2/c1-9(2)6-12(4)5-7(10)8(9)11-3;/h7-8,11H,5-6H2,1-4H3;1H/t7-,8+;/m1./s1. The van der Waals surface area contributed by atoms with Crippen molar-refractivity contribution in [2.75, 3.05) is 27.2 Å². The minimum atomic E-state index is -0.747. The summed E-state index contributed by atoms with van der Waals surface area (Å²) in [7, 11) is 3.81. The Bertz CT molecular complexity index is 164. The van der Waals surface area contributed by atoms with E-state index >= 15 is 0 Å². The summed E-state index contributed by atoms with van der Waals surface area (Å²) in [6.07, 6.45) is -0.747. The molecule has 1 aliphatic heterocycles. The van der Waals surface area contributed by atoms with Gasteiger partial charge in [0, 0.05) is 20.6 Å². The van der Waals surface area contributed by atoms with Crippen molar-refractivity contribution >= 4 is 0 Å². The Kier molecular flexibility index (Phi) is 2.74. The van der Waals surface area contributed by atoms with Crippen molar-refractivity contribution in [3.8, 4) is 0 Å². The number of alkyl halides is 1. The molecule has 1 saturated heterocycles.